The van der Waals surface area contributed by atoms with Crippen LogP contribution in [0.3, 0.4) is 0 Å². The average molecular weight is 499 g/mol. The molecule has 0 aromatic heterocycles. The molecule has 0 amide bonds. The Labute approximate surface area is 217 Å². The Balaban J connectivity index is 1.62. The molecule has 182 valence electrons. The van der Waals surface area contributed by atoms with E-state index >= 15 is 0 Å². The van der Waals surface area contributed by atoms with E-state index in [0.717, 1.165) is 60.6 Å². The van der Waals surface area contributed by atoms with E-state index in [2.05, 4.69) is 54.6 Å². The van der Waals surface area contributed by atoms with Gasteiger partial charge in [-0.1, -0.05) is 109 Å². The van der Waals surface area contributed by atoms with Crippen LogP contribution in [0.5, 0.6) is 0 Å². The molecule has 0 saturated carbocycles. The minimum Gasteiger partial charge on any atom is -0.166 e. The maximum Gasteiger partial charge on any atom is 0.416 e. The molecular weight excluding hydrogens is 477 g/mol. The third-order valence-corrected chi connectivity index (χ3v) is 7.45. The summed E-state index contributed by atoms with van der Waals surface area (Å²) in [6.45, 7) is 0. The normalized spacial score (nSPS) is 12.1. The van der Waals surface area contributed by atoms with Crippen molar-refractivity contribution in [1.29, 1.82) is 0 Å². The van der Waals surface area contributed by atoms with Crippen molar-refractivity contribution < 1.29 is 13.2 Å². The Morgan fingerprint density at radius 3 is 1.61 bits per heavy atom. The van der Waals surface area contributed by atoms with Gasteiger partial charge >= 0.3 is 6.18 Å². The number of hydrogen-bond acceptors (Lipinski definition) is 0. The van der Waals surface area contributed by atoms with Gasteiger partial charge in [-0.3, -0.25) is 0 Å². The first kappa shape index (κ1) is 22.6. The van der Waals surface area contributed by atoms with Gasteiger partial charge < -0.3 is 0 Å². The molecule has 0 radical (unpaired) electrons. The zero-order valence-electron chi connectivity index (χ0n) is 20.3. The summed E-state index contributed by atoms with van der Waals surface area (Å²) in [7, 11) is 0. The van der Waals surface area contributed by atoms with E-state index in [1.165, 1.54) is 11.5 Å². The van der Waals surface area contributed by atoms with E-state index in [9.17, 15) is 13.2 Å². The van der Waals surface area contributed by atoms with Crippen LogP contribution in [0.1, 0.15) is 5.56 Å². The molecule has 7 aromatic carbocycles. The highest BCUT2D eigenvalue weighted by molar-refractivity contribution is 6.23. The van der Waals surface area contributed by atoms with E-state index in [1.54, 1.807) is 6.07 Å². The fraction of sp³-hybridized carbons (Fsp3) is 0.0286. The van der Waals surface area contributed by atoms with Crippen LogP contribution >= 0.6 is 0 Å². The molecule has 0 atom stereocenters. The molecule has 0 nitrogen and oxygen atoms in total. The number of hydrogen-bond donors (Lipinski definition) is 0. The first-order chi connectivity index (χ1) is 18.5. The molecule has 38 heavy (non-hydrogen) atoms. The maximum atomic E-state index is 13.7. The van der Waals surface area contributed by atoms with Crippen LogP contribution < -0.4 is 0 Å². The lowest BCUT2D eigenvalue weighted by molar-refractivity contribution is -0.137. The van der Waals surface area contributed by atoms with Crippen molar-refractivity contribution in [2.75, 3.05) is 0 Å². The number of rotatable bonds is 2. The first-order valence-electron chi connectivity index (χ1n) is 12.5. The molecule has 0 bridgehead atoms. The van der Waals surface area contributed by atoms with Gasteiger partial charge in [0, 0.05) is 0 Å². The Hall–Kier alpha value is -4.63. The second-order valence-electron chi connectivity index (χ2n) is 9.64. The summed E-state index contributed by atoms with van der Waals surface area (Å²) >= 11 is 0. The predicted molar refractivity (Wildman–Crippen MR) is 152 cm³/mol. The van der Waals surface area contributed by atoms with Crippen molar-refractivity contribution in [2.45, 2.75) is 6.18 Å². The largest absolute Gasteiger partial charge is 0.416 e. The van der Waals surface area contributed by atoms with Crippen molar-refractivity contribution in [3.8, 4) is 22.3 Å². The lowest BCUT2D eigenvalue weighted by Gasteiger charge is -2.19. The van der Waals surface area contributed by atoms with Crippen molar-refractivity contribution >= 4 is 43.1 Å². The third kappa shape index (κ3) is 3.54. The summed E-state index contributed by atoms with van der Waals surface area (Å²) in [5.74, 6) is 0. The highest BCUT2D eigenvalue weighted by Crippen LogP contribution is 2.46. The number of halogens is 3. The monoisotopic (exact) mass is 498 g/mol. The summed E-state index contributed by atoms with van der Waals surface area (Å²) in [6.07, 6.45) is -4.41. The molecule has 0 N–H and O–H groups in total. The molecule has 0 heterocycles. The van der Waals surface area contributed by atoms with Gasteiger partial charge in [0.05, 0.1) is 5.56 Å². The second-order valence-corrected chi connectivity index (χ2v) is 9.64. The topological polar surface area (TPSA) is 0 Å². The molecule has 7 rings (SSSR count). The van der Waals surface area contributed by atoms with Crippen molar-refractivity contribution in [1.82, 2.24) is 0 Å². The van der Waals surface area contributed by atoms with E-state index in [0.29, 0.717) is 5.39 Å². The van der Waals surface area contributed by atoms with Crippen molar-refractivity contribution in [3.63, 3.8) is 0 Å². The molecule has 7 aromatic rings. The van der Waals surface area contributed by atoms with Crippen LogP contribution in [0, 0.1) is 0 Å². The van der Waals surface area contributed by atoms with Gasteiger partial charge in [-0.15, -0.1) is 0 Å². The minimum absolute atomic E-state index is 0.594. The highest BCUT2D eigenvalue weighted by atomic mass is 19.4. The standard InChI is InChI=1S/C35H21F3/c36-35(37,38)26-19-18-23-10-7-15-31(32(23)21-26)34-29-13-5-3-11-27(29)33(28-12-4-6-14-30(28)34)25-17-16-22-8-1-2-9-24(22)20-25/h1-21H. The molecule has 0 aliphatic carbocycles. The fourth-order valence-corrected chi connectivity index (χ4v) is 5.74. The Kier molecular flexibility index (Phi) is 5.02. The molecule has 0 fully saturated rings. The van der Waals surface area contributed by atoms with Gasteiger partial charge in [-0.2, -0.15) is 13.2 Å². The number of benzene rings is 7. The van der Waals surface area contributed by atoms with Crippen molar-refractivity contribution in [2.24, 2.45) is 0 Å². The van der Waals surface area contributed by atoms with E-state index in [-0.39, 0.29) is 0 Å². The summed E-state index contributed by atoms with van der Waals surface area (Å²) in [6, 6.07) is 41.0. The first-order valence-corrected chi connectivity index (χ1v) is 12.5. The van der Waals surface area contributed by atoms with Gasteiger partial charge in [-0.25, -0.2) is 0 Å². The van der Waals surface area contributed by atoms with E-state index in [4.69, 9.17) is 0 Å². The van der Waals surface area contributed by atoms with Crippen molar-refractivity contribution in [3.05, 3.63) is 133 Å². The smallest absolute Gasteiger partial charge is 0.166 e. The SMILES string of the molecule is FC(F)(F)c1ccc2cccc(-c3c4ccccc4c(-c4ccc5ccccc5c4)c4ccccc34)c2c1. The highest BCUT2D eigenvalue weighted by Gasteiger charge is 2.30. The van der Waals surface area contributed by atoms with Crippen LogP contribution in [0.2, 0.25) is 0 Å². The molecule has 0 aliphatic heterocycles. The zero-order valence-corrected chi connectivity index (χ0v) is 20.3. The lowest BCUT2D eigenvalue weighted by atomic mass is 9.84. The summed E-state index contributed by atoms with van der Waals surface area (Å²) in [5, 5.41) is 7.88. The van der Waals surface area contributed by atoms with E-state index < -0.39 is 11.7 Å². The molecule has 0 aliphatic rings. The summed E-state index contributed by atoms with van der Waals surface area (Å²) in [4.78, 5) is 0. The summed E-state index contributed by atoms with van der Waals surface area (Å²) in [5.41, 5.74) is 3.34. The Bertz CT molecular complexity index is 1960. The minimum atomic E-state index is -4.41. The second kappa shape index (κ2) is 8.46. The maximum absolute atomic E-state index is 13.7. The van der Waals surface area contributed by atoms with E-state index in [1.807, 2.05) is 54.6 Å². The molecule has 0 unspecified atom stereocenters. The van der Waals surface area contributed by atoms with Crippen LogP contribution in [0.15, 0.2) is 127 Å². The van der Waals surface area contributed by atoms with Crippen LogP contribution in [0.25, 0.3) is 65.3 Å². The number of alkyl halides is 3. The summed E-state index contributed by atoms with van der Waals surface area (Å²) < 4.78 is 41.1. The predicted octanol–water partition coefficient (Wildman–Crippen LogP) is 10.7. The molecule has 3 heteroatoms. The van der Waals surface area contributed by atoms with Gasteiger partial charge in [-0.05, 0) is 83.5 Å². The average Bonchev–Trinajstić information content (AvgIpc) is 2.94. The molecular formula is C35H21F3. The Morgan fingerprint density at radius 1 is 0.395 bits per heavy atom. The van der Waals surface area contributed by atoms with Crippen LogP contribution in [-0.2, 0) is 6.18 Å². The number of fused-ring (bicyclic) bond motifs is 4. The van der Waals surface area contributed by atoms with Crippen LogP contribution in [0.4, 0.5) is 13.2 Å². The fourth-order valence-electron chi connectivity index (χ4n) is 5.74. The zero-order chi connectivity index (χ0) is 25.9. The molecule has 0 saturated heterocycles. The third-order valence-electron chi connectivity index (χ3n) is 7.45. The van der Waals surface area contributed by atoms with Crippen LogP contribution in [-0.4, -0.2) is 0 Å². The van der Waals surface area contributed by atoms with Gasteiger partial charge in [0.25, 0.3) is 0 Å². The van der Waals surface area contributed by atoms with Gasteiger partial charge in [0.1, 0.15) is 0 Å². The molecule has 0 spiro atoms. The quantitative estimate of drug-likeness (QED) is 0.208. The van der Waals surface area contributed by atoms with Gasteiger partial charge in [0.2, 0.25) is 0 Å². The lowest BCUT2D eigenvalue weighted by Crippen LogP contribution is -2.04. The van der Waals surface area contributed by atoms with Gasteiger partial charge in [0.15, 0.2) is 0 Å². The Morgan fingerprint density at radius 2 is 0.947 bits per heavy atom.